The molecule has 1 aromatic rings. The van der Waals surface area contributed by atoms with Gasteiger partial charge >= 0.3 is 0 Å². The maximum atomic E-state index is 13.3. The first-order chi connectivity index (χ1) is 8.66. The Labute approximate surface area is 104 Å². The normalized spacial score (nSPS) is 34.7. The highest BCUT2D eigenvalue weighted by Crippen LogP contribution is 2.40. The minimum atomic E-state index is -1.13. The fourth-order valence-corrected chi connectivity index (χ4v) is 3.07. The van der Waals surface area contributed by atoms with E-state index in [9.17, 15) is 14.3 Å². The molecular formula is C13H15FN2O2. The van der Waals surface area contributed by atoms with E-state index in [1.54, 1.807) is 23.2 Å². The Balaban J connectivity index is 1.72. The summed E-state index contributed by atoms with van der Waals surface area (Å²) in [5.41, 5.74) is 0.545. The van der Waals surface area contributed by atoms with Crippen molar-refractivity contribution in [1.82, 2.24) is 9.88 Å². The molecule has 2 fully saturated rings. The van der Waals surface area contributed by atoms with E-state index in [1.807, 2.05) is 0 Å². The van der Waals surface area contributed by atoms with Crippen molar-refractivity contribution in [2.75, 3.05) is 13.1 Å². The summed E-state index contributed by atoms with van der Waals surface area (Å²) in [7, 11) is 0. The molecule has 0 unspecified atom stereocenters. The summed E-state index contributed by atoms with van der Waals surface area (Å²) in [6, 6.07) is 3.44. The number of hydrogen-bond donors (Lipinski definition) is 1. The Morgan fingerprint density at radius 3 is 3.00 bits per heavy atom. The number of rotatable bonds is 1. The Morgan fingerprint density at radius 1 is 1.50 bits per heavy atom. The standard InChI is InChI=1S/C13H15FN2O2/c14-11-4-9-6-16(7-10(9)12(11)17)13(18)8-2-1-3-15-5-8/h1-3,5,9-12,17H,4,6-7H2/t9-,10+,11-,12+/m1/s1. The molecule has 3 rings (SSSR count). The molecule has 0 radical (unpaired) electrons. The second-order valence-electron chi connectivity index (χ2n) is 5.12. The van der Waals surface area contributed by atoms with Crippen LogP contribution in [0.15, 0.2) is 24.5 Å². The molecule has 1 amide bonds. The number of carbonyl (C=O) groups is 1. The quantitative estimate of drug-likeness (QED) is 0.804. The second-order valence-corrected chi connectivity index (χ2v) is 5.12. The Morgan fingerprint density at radius 2 is 2.33 bits per heavy atom. The summed E-state index contributed by atoms with van der Waals surface area (Å²) >= 11 is 0. The van der Waals surface area contributed by atoms with Crippen LogP contribution in [0.4, 0.5) is 4.39 Å². The van der Waals surface area contributed by atoms with Crippen LogP contribution in [-0.2, 0) is 0 Å². The van der Waals surface area contributed by atoms with E-state index in [0.717, 1.165) is 0 Å². The minimum absolute atomic E-state index is 0.0832. The predicted molar refractivity (Wildman–Crippen MR) is 62.6 cm³/mol. The third-order valence-electron chi connectivity index (χ3n) is 4.02. The van der Waals surface area contributed by atoms with Crippen LogP contribution in [0.3, 0.4) is 0 Å². The van der Waals surface area contributed by atoms with E-state index < -0.39 is 12.3 Å². The maximum Gasteiger partial charge on any atom is 0.255 e. The van der Waals surface area contributed by atoms with Crippen LogP contribution in [0.25, 0.3) is 0 Å². The zero-order valence-electron chi connectivity index (χ0n) is 9.87. The molecule has 2 heterocycles. The van der Waals surface area contributed by atoms with Crippen molar-refractivity contribution in [2.45, 2.75) is 18.7 Å². The maximum absolute atomic E-state index is 13.3. The lowest BCUT2D eigenvalue weighted by atomic mass is 9.99. The number of nitrogens with zero attached hydrogens (tertiary/aromatic N) is 2. The van der Waals surface area contributed by atoms with E-state index in [-0.39, 0.29) is 17.7 Å². The van der Waals surface area contributed by atoms with Crippen molar-refractivity contribution in [1.29, 1.82) is 0 Å². The van der Waals surface area contributed by atoms with Crippen LogP contribution in [0, 0.1) is 11.8 Å². The number of aliphatic hydroxyl groups is 1. The minimum Gasteiger partial charge on any atom is -0.390 e. The Bertz CT molecular complexity index is 454. The van der Waals surface area contributed by atoms with Crippen LogP contribution < -0.4 is 0 Å². The van der Waals surface area contributed by atoms with Crippen LogP contribution >= 0.6 is 0 Å². The van der Waals surface area contributed by atoms with E-state index in [2.05, 4.69) is 4.98 Å². The third kappa shape index (κ3) is 1.79. The first-order valence-corrected chi connectivity index (χ1v) is 6.18. The molecule has 0 aromatic carbocycles. The molecule has 1 saturated heterocycles. The number of amides is 1. The molecule has 4 atom stereocenters. The van der Waals surface area contributed by atoms with Crippen molar-refractivity contribution in [3.63, 3.8) is 0 Å². The predicted octanol–water partition coefficient (Wildman–Crippen LogP) is 0.873. The van der Waals surface area contributed by atoms with Gasteiger partial charge in [-0.05, 0) is 24.5 Å². The van der Waals surface area contributed by atoms with Crippen LogP contribution in [0.2, 0.25) is 0 Å². The van der Waals surface area contributed by atoms with E-state index in [1.165, 1.54) is 6.20 Å². The molecule has 0 spiro atoms. The van der Waals surface area contributed by atoms with Crippen molar-refractivity contribution < 1.29 is 14.3 Å². The number of pyridine rings is 1. The van der Waals surface area contributed by atoms with Gasteiger partial charge in [-0.2, -0.15) is 0 Å². The molecule has 1 aliphatic carbocycles. The molecule has 1 aliphatic heterocycles. The molecule has 18 heavy (non-hydrogen) atoms. The van der Waals surface area contributed by atoms with Gasteiger partial charge in [0.25, 0.3) is 5.91 Å². The number of halogens is 1. The molecule has 1 aromatic heterocycles. The zero-order valence-corrected chi connectivity index (χ0v) is 9.87. The SMILES string of the molecule is O=C(c1cccnc1)N1C[C@H]2C[C@@H](F)[C@@H](O)[C@H]2C1. The lowest BCUT2D eigenvalue weighted by Crippen LogP contribution is -2.33. The lowest BCUT2D eigenvalue weighted by Gasteiger charge is -2.19. The Kier molecular flexibility index (Phi) is 2.78. The molecule has 1 N–H and O–H groups in total. The fraction of sp³-hybridized carbons (Fsp3) is 0.538. The first-order valence-electron chi connectivity index (χ1n) is 6.18. The highest BCUT2D eigenvalue weighted by molar-refractivity contribution is 5.94. The molecule has 0 bridgehead atoms. The summed E-state index contributed by atoms with van der Waals surface area (Å²) < 4.78 is 13.3. The summed E-state index contributed by atoms with van der Waals surface area (Å²) in [5, 5.41) is 9.71. The lowest BCUT2D eigenvalue weighted by molar-refractivity contribution is 0.0578. The number of carbonyl (C=O) groups excluding carboxylic acids is 1. The van der Waals surface area contributed by atoms with Gasteiger partial charge in [0.2, 0.25) is 0 Å². The van der Waals surface area contributed by atoms with Gasteiger partial charge in [0.05, 0.1) is 11.7 Å². The largest absolute Gasteiger partial charge is 0.390 e. The highest BCUT2D eigenvalue weighted by atomic mass is 19.1. The fourth-order valence-electron chi connectivity index (χ4n) is 3.07. The number of hydrogen-bond acceptors (Lipinski definition) is 3. The smallest absolute Gasteiger partial charge is 0.255 e. The van der Waals surface area contributed by atoms with Gasteiger partial charge in [0.1, 0.15) is 6.17 Å². The molecule has 1 saturated carbocycles. The highest BCUT2D eigenvalue weighted by Gasteiger charge is 2.48. The van der Waals surface area contributed by atoms with Gasteiger partial charge in [0.15, 0.2) is 0 Å². The third-order valence-corrected chi connectivity index (χ3v) is 4.02. The average Bonchev–Trinajstić information content (AvgIpc) is 2.91. The molecule has 2 aliphatic rings. The zero-order chi connectivity index (χ0) is 12.7. The summed E-state index contributed by atoms with van der Waals surface area (Å²) in [4.78, 5) is 17.8. The molecule has 5 heteroatoms. The molecule has 4 nitrogen and oxygen atoms in total. The van der Waals surface area contributed by atoms with Crippen LogP contribution in [-0.4, -0.2) is 46.3 Å². The van der Waals surface area contributed by atoms with Gasteiger partial charge in [-0.1, -0.05) is 0 Å². The average molecular weight is 250 g/mol. The van der Waals surface area contributed by atoms with Gasteiger partial charge in [-0.25, -0.2) is 4.39 Å². The number of likely N-dealkylation sites (tertiary alicyclic amines) is 1. The molecular weight excluding hydrogens is 235 g/mol. The first kappa shape index (κ1) is 11.6. The summed E-state index contributed by atoms with van der Waals surface area (Å²) in [6.45, 7) is 0.982. The van der Waals surface area contributed by atoms with Crippen molar-refractivity contribution >= 4 is 5.91 Å². The monoisotopic (exact) mass is 250 g/mol. The van der Waals surface area contributed by atoms with Gasteiger partial charge in [-0.3, -0.25) is 9.78 Å². The summed E-state index contributed by atoms with van der Waals surface area (Å²) in [5.74, 6) is -0.101. The van der Waals surface area contributed by atoms with Crippen LogP contribution in [0.1, 0.15) is 16.8 Å². The van der Waals surface area contributed by atoms with Crippen molar-refractivity contribution in [3.05, 3.63) is 30.1 Å². The van der Waals surface area contributed by atoms with E-state index in [0.29, 0.717) is 25.1 Å². The number of aliphatic hydroxyl groups excluding tert-OH is 1. The Hall–Kier alpha value is -1.49. The number of aromatic nitrogens is 1. The van der Waals surface area contributed by atoms with Gasteiger partial charge in [0, 0.05) is 31.4 Å². The van der Waals surface area contributed by atoms with Crippen molar-refractivity contribution in [3.8, 4) is 0 Å². The van der Waals surface area contributed by atoms with E-state index >= 15 is 0 Å². The second kappa shape index (κ2) is 4.31. The van der Waals surface area contributed by atoms with Crippen molar-refractivity contribution in [2.24, 2.45) is 11.8 Å². The van der Waals surface area contributed by atoms with E-state index in [4.69, 9.17) is 0 Å². The molecule has 96 valence electrons. The summed E-state index contributed by atoms with van der Waals surface area (Å²) in [6.07, 6.45) is 1.47. The van der Waals surface area contributed by atoms with Gasteiger partial charge in [-0.15, -0.1) is 0 Å². The topological polar surface area (TPSA) is 53.4 Å². The van der Waals surface area contributed by atoms with Gasteiger partial charge < -0.3 is 10.0 Å². The number of fused-ring (bicyclic) bond motifs is 1. The number of alkyl halides is 1. The van der Waals surface area contributed by atoms with Crippen LogP contribution in [0.5, 0.6) is 0 Å².